The van der Waals surface area contributed by atoms with Crippen LogP contribution in [-0.2, 0) is 0 Å². The Balaban J connectivity index is 2.79. The van der Waals surface area contributed by atoms with Crippen LogP contribution < -0.4 is 0 Å². The van der Waals surface area contributed by atoms with Crippen molar-refractivity contribution in [3.63, 3.8) is 0 Å². The van der Waals surface area contributed by atoms with Crippen LogP contribution in [0.2, 0.25) is 0 Å². The molecule has 0 aromatic heterocycles. The van der Waals surface area contributed by atoms with Gasteiger partial charge in [0, 0.05) is 0 Å². The molecule has 0 saturated carbocycles. The Morgan fingerprint density at radius 1 is 1.09 bits per heavy atom. The van der Waals surface area contributed by atoms with E-state index in [1.807, 2.05) is 13.0 Å². The molecular formula is C22H23N. The fourth-order valence-corrected chi connectivity index (χ4v) is 2.69. The van der Waals surface area contributed by atoms with Crippen molar-refractivity contribution in [3.05, 3.63) is 70.3 Å². The van der Waals surface area contributed by atoms with Gasteiger partial charge in [0.2, 0.25) is 0 Å². The molecule has 2 aromatic carbocycles. The normalized spacial score (nSPS) is 11.7. The molecule has 0 aliphatic carbocycles. The maximum Gasteiger partial charge on any atom is 0.0998 e. The van der Waals surface area contributed by atoms with Gasteiger partial charge in [-0.25, -0.2) is 0 Å². The minimum atomic E-state index is 0.726. The second-order valence-electron chi connectivity index (χ2n) is 6.12. The molecule has 0 heterocycles. The highest BCUT2D eigenvalue weighted by molar-refractivity contribution is 5.95. The molecule has 2 aromatic rings. The van der Waals surface area contributed by atoms with Crippen LogP contribution in [0.15, 0.2) is 48.1 Å². The lowest BCUT2D eigenvalue weighted by Crippen LogP contribution is -1.91. The van der Waals surface area contributed by atoms with Crippen molar-refractivity contribution in [2.45, 2.75) is 34.6 Å². The number of hydrogen-bond donors (Lipinski definition) is 0. The van der Waals surface area contributed by atoms with E-state index in [-0.39, 0.29) is 0 Å². The fraction of sp³-hybridized carbons (Fsp3) is 0.227. The molecule has 0 aliphatic heterocycles. The Morgan fingerprint density at radius 3 is 2.43 bits per heavy atom. The first-order valence-corrected chi connectivity index (χ1v) is 7.90. The van der Waals surface area contributed by atoms with Crippen LogP contribution in [0.25, 0.3) is 22.4 Å². The van der Waals surface area contributed by atoms with Crippen molar-refractivity contribution in [2.75, 3.05) is 0 Å². The van der Waals surface area contributed by atoms with Crippen molar-refractivity contribution in [1.82, 2.24) is 0 Å². The van der Waals surface area contributed by atoms with Gasteiger partial charge in [-0.15, -0.1) is 0 Å². The summed E-state index contributed by atoms with van der Waals surface area (Å²) in [4.78, 5) is 0. The Bertz CT molecular complexity index is 867. The van der Waals surface area contributed by atoms with E-state index in [9.17, 15) is 5.26 Å². The zero-order valence-electron chi connectivity index (χ0n) is 14.6. The third-order valence-electron chi connectivity index (χ3n) is 3.96. The van der Waals surface area contributed by atoms with Crippen LogP contribution in [0.1, 0.15) is 49.9 Å². The average Bonchev–Trinajstić information content (AvgIpc) is 2.54. The van der Waals surface area contributed by atoms with Crippen LogP contribution in [0.3, 0.4) is 0 Å². The largest absolute Gasteiger partial charge is 0.192 e. The highest BCUT2D eigenvalue weighted by Crippen LogP contribution is 2.30. The summed E-state index contributed by atoms with van der Waals surface area (Å²) in [5.41, 5.74) is 6.56. The lowest BCUT2D eigenvalue weighted by molar-refractivity contribution is 1.39. The molecule has 0 fully saturated rings. The zero-order chi connectivity index (χ0) is 17.0. The first-order chi connectivity index (χ1) is 11.0. The van der Waals surface area contributed by atoms with E-state index < -0.39 is 0 Å². The summed E-state index contributed by atoms with van der Waals surface area (Å²) in [5.74, 6) is 0. The van der Waals surface area contributed by atoms with E-state index in [0.29, 0.717) is 0 Å². The number of allylic oxidation sites excluding steroid dienone is 5. The maximum absolute atomic E-state index is 9.52. The Labute approximate surface area is 139 Å². The van der Waals surface area contributed by atoms with E-state index >= 15 is 0 Å². The Kier molecular flexibility index (Phi) is 5.19. The molecule has 0 amide bonds. The van der Waals surface area contributed by atoms with Crippen LogP contribution in [-0.4, -0.2) is 0 Å². The summed E-state index contributed by atoms with van der Waals surface area (Å²) in [6.45, 7) is 10.4. The quantitative estimate of drug-likeness (QED) is 0.600. The molecule has 0 unspecified atom stereocenters. The van der Waals surface area contributed by atoms with Crippen LogP contribution in [0.5, 0.6) is 0 Å². The fourth-order valence-electron chi connectivity index (χ4n) is 2.69. The number of fused-ring (bicyclic) bond motifs is 1. The van der Waals surface area contributed by atoms with E-state index in [1.54, 1.807) is 0 Å². The molecule has 0 spiro atoms. The summed E-state index contributed by atoms with van der Waals surface area (Å²) >= 11 is 0. The molecule has 0 aliphatic rings. The highest BCUT2D eigenvalue weighted by atomic mass is 14.3. The summed E-state index contributed by atoms with van der Waals surface area (Å²) in [6.07, 6.45) is 8.38. The van der Waals surface area contributed by atoms with Crippen LogP contribution >= 0.6 is 0 Å². The number of hydrogen-bond acceptors (Lipinski definition) is 1. The molecule has 0 N–H and O–H groups in total. The Morgan fingerprint density at radius 2 is 1.83 bits per heavy atom. The van der Waals surface area contributed by atoms with Gasteiger partial charge in [-0.3, -0.25) is 0 Å². The topological polar surface area (TPSA) is 23.8 Å². The predicted octanol–water partition coefficient (Wildman–Crippen LogP) is 6.42. The third kappa shape index (κ3) is 3.60. The number of rotatable bonds is 3. The molecule has 1 nitrogen and oxygen atoms in total. The summed E-state index contributed by atoms with van der Waals surface area (Å²) in [7, 11) is 0. The summed E-state index contributed by atoms with van der Waals surface area (Å²) in [6, 6.07) is 10.7. The minimum Gasteiger partial charge on any atom is -0.192 e. The molecular weight excluding hydrogens is 278 g/mol. The first kappa shape index (κ1) is 16.8. The summed E-state index contributed by atoms with van der Waals surface area (Å²) in [5, 5.41) is 11.8. The molecule has 0 bridgehead atoms. The standard InChI is InChI=1S/C22H23N/c1-6-7-20-16(4)10-11-18-12-19(14-23)21(13-22(18)20)17(5)9-8-15(2)3/h6-13H,1-5H3/b7-6-,17-9+. The van der Waals surface area contributed by atoms with E-state index in [2.05, 4.69) is 76.3 Å². The van der Waals surface area contributed by atoms with E-state index in [0.717, 1.165) is 22.1 Å². The minimum absolute atomic E-state index is 0.726. The van der Waals surface area contributed by atoms with Crippen LogP contribution in [0, 0.1) is 18.3 Å². The van der Waals surface area contributed by atoms with Crippen molar-refractivity contribution < 1.29 is 0 Å². The lowest BCUT2D eigenvalue weighted by Gasteiger charge is -2.11. The molecule has 23 heavy (non-hydrogen) atoms. The van der Waals surface area contributed by atoms with Gasteiger partial charge in [-0.2, -0.15) is 5.26 Å². The van der Waals surface area contributed by atoms with Crippen molar-refractivity contribution in [3.8, 4) is 6.07 Å². The van der Waals surface area contributed by atoms with Gasteiger partial charge in [0.05, 0.1) is 11.6 Å². The predicted molar refractivity (Wildman–Crippen MR) is 101 cm³/mol. The van der Waals surface area contributed by atoms with Gasteiger partial charge in [0.15, 0.2) is 0 Å². The van der Waals surface area contributed by atoms with Crippen molar-refractivity contribution in [2.24, 2.45) is 0 Å². The molecule has 2 rings (SSSR count). The van der Waals surface area contributed by atoms with Gasteiger partial charge in [-0.05, 0) is 79.8 Å². The zero-order valence-corrected chi connectivity index (χ0v) is 14.6. The second kappa shape index (κ2) is 7.11. The van der Waals surface area contributed by atoms with E-state index in [4.69, 9.17) is 0 Å². The third-order valence-corrected chi connectivity index (χ3v) is 3.96. The molecule has 116 valence electrons. The SMILES string of the molecule is C/C=C\c1c(C)ccc2cc(C#N)c(/C(C)=C/C=C(C)C)cc12. The van der Waals surface area contributed by atoms with Gasteiger partial charge < -0.3 is 0 Å². The van der Waals surface area contributed by atoms with Gasteiger partial charge in [0.25, 0.3) is 0 Å². The number of aryl methyl sites for hydroxylation is 1. The number of nitrogens with zero attached hydrogens (tertiary/aromatic N) is 1. The molecule has 0 saturated heterocycles. The maximum atomic E-state index is 9.52. The van der Waals surface area contributed by atoms with Gasteiger partial charge in [-0.1, -0.05) is 42.0 Å². The Hall–Kier alpha value is -2.59. The second-order valence-corrected chi connectivity index (χ2v) is 6.12. The number of nitriles is 1. The van der Waals surface area contributed by atoms with Crippen LogP contribution in [0.4, 0.5) is 0 Å². The van der Waals surface area contributed by atoms with Gasteiger partial charge in [0.1, 0.15) is 0 Å². The monoisotopic (exact) mass is 301 g/mol. The lowest BCUT2D eigenvalue weighted by atomic mass is 9.92. The van der Waals surface area contributed by atoms with Gasteiger partial charge >= 0.3 is 0 Å². The molecule has 1 heteroatoms. The molecule has 0 atom stereocenters. The van der Waals surface area contributed by atoms with Crippen molar-refractivity contribution in [1.29, 1.82) is 5.26 Å². The molecule has 0 radical (unpaired) electrons. The van der Waals surface area contributed by atoms with E-state index in [1.165, 1.54) is 22.1 Å². The van der Waals surface area contributed by atoms with Crippen molar-refractivity contribution >= 4 is 22.4 Å². The summed E-state index contributed by atoms with van der Waals surface area (Å²) < 4.78 is 0. The highest BCUT2D eigenvalue weighted by Gasteiger charge is 2.09. The number of benzene rings is 2. The smallest absolute Gasteiger partial charge is 0.0998 e. The first-order valence-electron chi connectivity index (χ1n) is 7.90. The average molecular weight is 301 g/mol.